The SMILES string of the molecule is C[C@@H](OC(=O)CCNC(=O)CCC(=O)c1cccs1)C(=O)N1CCNC1=O. The van der Waals surface area contributed by atoms with E-state index in [0.29, 0.717) is 11.4 Å². The van der Waals surface area contributed by atoms with E-state index in [1.807, 2.05) is 0 Å². The highest BCUT2D eigenvalue weighted by Crippen LogP contribution is 2.12. The van der Waals surface area contributed by atoms with Gasteiger partial charge in [0.2, 0.25) is 5.91 Å². The summed E-state index contributed by atoms with van der Waals surface area (Å²) in [5, 5.41) is 6.81. The number of carbonyl (C=O) groups is 5. The van der Waals surface area contributed by atoms with Crippen LogP contribution in [0.15, 0.2) is 17.5 Å². The number of rotatable bonds is 9. The molecule has 0 saturated carbocycles. The van der Waals surface area contributed by atoms with Gasteiger partial charge in [0.05, 0.1) is 11.3 Å². The van der Waals surface area contributed by atoms with Crippen molar-refractivity contribution >= 4 is 40.9 Å². The van der Waals surface area contributed by atoms with Crippen molar-refractivity contribution in [3.63, 3.8) is 0 Å². The number of ether oxygens (including phenoxy) is 1. The second-order valence-electron chi connectivity index (χ2n) is 5.85. The van der Waals surface area contributed by atoms with Gasteiger partial charge in [-0.05, 0) is 18.4 Å². The first-order chi connectivity index (χ1) is 12.9. The number of thiophene rings is 1. The smallest absolute Gasteiger partial charge is 0.324 e. The molecule has 2 rings (SSSR count). The van der Waals surface area contributed by atoms with E-state index >= 15 is 0 Å². The first kappa shape index (κ1) is 20.6. The summed E-state index contributed by atoms with van der Waals surface area (Å²) in [6, 6.07) is 2.97. The maximum absolute atomic E-state index is 12.0. The third kappa shape index (κ3) is 6.17. The van der Waals surface area contributed by atoms with Crippen LogP contribution in [-0.4, -0.2) is 60.2 Å². The summed E-state index contributed by atoms with van der Waals surface area (Å²) >= 11 is 1.32. The highest BCUT2D eigenvalue weighted by molar-refractivity contribution is 7.12. The third-order valence-electron chi connectivity index (χ3n) is 3.81. The molecule has 4 amide bonds. The quantitative estimate of drug-likeness (QED) is 0.469. The van der Waals surface area contributed by atoms with Crippen molar-refractivity contribution in [2.24, 2.45) is 0 Å². The fourth-order valence-electron chi connectivity index (χ4n) is 2.39. The van der Waals surface area contributed by atoms with Gasteiger partial charge in [-0.15, -0.1) is 11.3 Å². The van der Waals surface area contributed by atoms with Crippen LogP contribution in [0.1, 0.15) is 35.9 Å². The van der Waals surface area contributed by atoms with Crippen molar-refractivity contribution in [1.29, 1.82) is 0 Å². The number of nitrogens with zero attached hydrogens (tertiary/aromatic N) is 1. The molecule has 0 aliphatic carbocycles. The molecule has 27 heavy (non-hydrogen) atoms. The Morgan fingerprint density at radius 1 is 1.30 bits per heavy atom. The molecular formula is C17H21N3O6S. The van der Waals surface area contributed by atoms with Gasteiger partial charge < -0.3 is 15.4 Å². The number of esters is 1. The molecule has 0 bridgehead atoms. The normalized spacial score (nSPS) is 14.4. The summed E-state index contributed by atoms with van der Waals surface area (Å²) in [5.74, 6) is -1.69. The summed E-state index contributed by atoms with van der Waals surface area (Å²) in [4.78, 5) is 60.3. The average molecular weight is 395 g/mol. The van der Waals surface area contributed by atoms with Gasteiger partial charge in [-0.2, -0.15) is 0 Å². The van der Waals surface area contributed by atoms with Crippen molar-refractivity contribution in [2.75, 3.05) is 19.6 Å². The van der Waals surface area contributed by atoms with Crippen LogP contribution < -0.4 is 10.6 Å². The zero-order chi connectivity index (χ0) is 19.8. The molecule has 2 N–H and O–H groups in total. The molecule has 1 saturated heterocycles. The van der Waals surface area contributed by atoms with E-state index in [1.165, 1.54) is 18.3 Å². The Bertz CT molecular complexity index is 718. The number of nitrogens with one attached hydrogen (secondary N) is 2. The van der Waals surface area contributed by atoms with E-state index in [2.05, 4.69) is 10.6 Å². The minimum absolute atomic E-state index is 0.0325. The van der Waals surface area contributed by atoms with Gasteiger partial charge in [-0.3, -0.25) is 24.1 Å². The zero-order valence-corrected chi connectivity index (χ0v) is 15.7. The number of ketones is 1. The number of amides is 4. The van der Waals surface area contributed by atoms with Gasteiger partial charge in [-0.1, -0.05) is 6.07 Å². The van der Waals surface area contributed by atoms with Gasteiger partial charge in [0.15, 0.2) is 11.9 Å². The van der Waals surface area contributed by atoms with Crippen molar-refractivity contribution < 1.29 is 28.7 Å². The summed E-state index contributed by atoms with van der Waals surface area (Å²) < 4.78 is 4.99. The minimum atomic E-state index is -1.08. The van der Waals surface area contributed by atoms with E-state index in [4.69, 9.17) is 4.74 Å². The predicted molar refractivity (Wildman–Crippen MR) is 96.2 cm³/mol. The molecule has 146 valence electrons. The maximum Gasteiger partial charge on any atom is 0.324 e. The number of hydrogen-bond donors (Lipinski definition) is 2. The van der Waals surface area contributed by atoms with E-state index in [9.17, 15) is 24.0 Å². The molecule has 1 aliphatic heterocycles. The Morgan fingerprint density at radius 2 is 2.07 bits per heavy atom. The predicted octanol–water partition coefficient (Wildman–Crippen LogP) is 0.701. The molecule has 10 heteroatoms. The second-order valence-corrected chi connectivity index (χ2v) is 6.80. The molecule has 0 unspecified atom stereocenters. The molecule has 1 atom stereocenters. The molecular weight excluding hydrogens is 374 g/mol. The first-order valence-electron chi connectivity index (χ1n) is 8.50. The Kier molecular flexibility index (Phi) is 7.47. The van der Waals surface area contributed by atoms with Gasteiger partial charge in [0.1, 0.15) is 0 Å². The van der Waals surface area contributed by atoms with Crippen LogP contribution in [0.2, 0.25) is 0 Å². The second kappa shape index (κ2) is 9.81. The molecule has 1 fully saturated rings. The standard InChI is InChI=1S/C17H21N3O6S/c1-11(16(24)20-9-8-19-17(20)25)26-15(23)6-7-18-14(22)5-4-12(21)13-3-2-10-27-13/h2-3,10-11H,4-9H2,1H3,(H,18,22)(H,19,25)/t11-/m1/s1. The van der Waals surface area contributed by atoms with Crippen LogP contribution in [-0.2, 0) is 19.1 Å². The molecule has 2 heterocycles. The zero-order valence-electron chi connectivity index (χ0n) is 14.9. The Labute approximate surface area is 160 Å². The lowest BCUT2D eigenvalue weighted by Crippen LogP contribution is -2.42. The van der Waals surface area contributed by atoms with Crippen molar-refractivity contribution in [1.82, 2.24) is 15.5 Å². The van der Waals surface area contributed by atoms with Crippen molar-refractivity contribution in [3.8, 4) is 0 Å². The lowest BCUT2D eigenvalue weighted by atomic mass is 10.2. The van der Waals surface area contributed by atoms with E-state index in [1.54, 1.807) is 17.5 Å². The first-order valence-corrected chi connectivity index (χ1v) is 9.38. The van der Waals surface area contributed by atoms with Crippen LogP contribution in [0.25, 0.3) is 0 Å². The summed E-state index contributed by atoms with van der Waals surface area (Å²) in [7, 11) is 0. The van der Waals surface area contributed by atoms with Crippen LogP contribution in [0.4, 0.5) is 4.79 Å². The van der Waals surface area contributed by atoms with Gasteiger partial charge in [0.25, 0.3) is 5.91 Å². The minimum Gasteiger partial charge on any atom is -0.452 e. The number of urea groups is 1. The Hall–Kier alpha value is -2.75. The van der Waals surface area contributed by atoms with Crippen molar-refractivity contribution in [3.05, 3.63) is 22.4 Å². The van der Waals surface area contributed by atoms with Crippen LogP contribution in [0.3, 0.4) is 0 Å². The lowest BCUT2D eigenvalue weighted by molar-refractivity contribution is -0.157. The van der Waals surface area contributed by atoms with Crippen molar-refractivity contribution in [2.45, 2.75) is 32.3 Å². The fourth-order valence-corrected chi connectivity index (χ4v) is 3.08. The van der Waals surface area contributed by atoms with E-state index < -0.39 is 24.0 Å². The fraction of sp³-hybridized carbons (Fsp3) is 0.471. The molecule has 0 aromatic carbocycles. The molecule has 1 aliphatic rings. The highest BCUT2D eigenvalue weighted by atomic mass is 32.1. The van der Waals surface area contributed by atoms with Gasteiger partial charge in [0, 0.05) is 32.5 Å². The van der Waals surface area contributed by atoms with Crippen LogP contribution in [0, 0.1) is 0 Å². The van der Waals surface area contributed by atoms with E-state index in [-0.39, 0.29) is 44.0 Å². The van der Waals surface area contributed by atoms with Gasteiger partial charge in [-0.25, -0.2) is 4.79 Å². The lowest BCUT2D eigenvalue weighted by Gasteiger charge is -2.18. The summed E-state index contributed by atoms with van der Waals surface area (Å²) in [6.45, 7) is 2.03. The monoisotopic (exact) mass is 395 g/mol. The number of Topliss-reactive ketones (excluding diaryl/α,β-unsaturated/α-hetero) is 1. The summed E-state index contributed by atoms with van der Waals surface area (Å²) in [5.41, 5.74) is 0. The Morgan fingerprint density at radius 3 is 2.70 bits per heavy atom. The van der Waals surface area contributed by atoms with E-state index in [0.717, 1.165) is 4.90 Å². The summed E-state index contributed by atoms with van der Waals surface area (Å²) in [6.07, 6.45) is -1.07. The third-order valence-corrected chi connectivity index (χ3v) is 4.72. The molecule has 0 radical (unpaired) electrons. The number of hydrogen-bond acceptors (Lipinski definition) is 7. The molecule has 0 spiro atoms. The number of imide groups is 1. The van der Waals surface area contributed by atoms with Crippen LogP contribution >= 0.6 is 11.3 Å². The number of carbonyl (C=O) groups excluding carboxylic acids is 5. The van der Waals surface area contributed by atoms with Crippen LogP contribution in [0.5, 0.6) is 0 Å². The molecule has 1 aromatic rings. The topological polar surface area (TPSA) is 122 Å². The largest absolute Gasteiger partial charge is 0.452 e. The van der Waals surface area contributed by atoms with Gasteiger partial charge >= 0.3 is 12.0 Å². The highest BCUT2D eigenvalue weighted by Gasteiger charge is 2.31. The maximum atomic E-state index is 12.0. The Balaban J connectivity index is 1.62. The average Bonchev–Trinajstić information content (AvgIpc) is 3.30. The molecule has 9 nitrogen and oxygen atoms in total. The molecule has 1 aromatic heterocycles.